The Hall–Kier alpha value is -0.900. The van der Waals surface area contributed by atoms with E-state index in [1.165, 1.54) is 25.7 Å². The highest BCUT2D eigenvalue weighted by molar-refractivity contribution is 4.97. The molecule has 4 nitrogen and oxygen atoms in total. The van der Waals surface area contributed by atoms with E-state index >= 15 is 0 Å². The Balaban J connectivity index is 1.60. The first-order valence-electron chi connectivity index (χ1n) is 7.34. The summed E-state index contributed by atoms with van der Waals surface area (Å²) in [6.07, 6.45) is 8.59. The average molecular weight is 249 g/mol. The standard InChI is InChI=1S/C14H23N3O/c1-2-3-12(15)14-16-13(18-17-14)8-11-7-9-4-5-10(11)6-9/h9-12H,2-8,15H2,1H3. The Morgan fingerprint density at radius 1 is 1.39 bits per heavy atom. The molecule has 2 aliphatic carbocycles. The van der Waals surface area contributed by atoms with Crippen molar-refractivity contribution in [2.24, 2.45) is 23.5 Å². The molecular formula is C14H23N3O. The largest absolute Gasteiger partial charge is 0.339 e. The lowest BCUT2D eigenvalue weighted by atomic mass is 9.86. The zero-order chi connectivity index (χ0) is 12.5. The third kappa shape index (κ3) is 2.30. The summed E-state index contributed by atoms with van der Waals surface area (Å²) in [6.45, 7) is 2.12. The van der Waals surface area contributed by atoms with Gasteiger partial charge in [-0.15, -0.1) is 0 Å². The molecule has 4 heteroatoms. The highest BCUT2D eigenvalue weighted by atomic mass is 16.5. The summed E-state index contributed by atoms with van der Waals surface area (Å²) in [5, 5.41) is 4.03. The smallest absolute Gasteiger partial charge is 0.226 e. The van der Waals surface area contributed by atoms with Crippen molar-refractivity contribution in [1.82, 2.24) is 10.1 Å². The van der Waals surface area contributed by atoms with Gasteiger partial charge in [-0.05, 0) is 43.4 Å². The first-order valence-corrected chi connectivity index (χ1v) is 7.34. The van der Waals surface area contributed by atoms with Gasteiger partial charge in [-0.1, -0.05) is 24.9 Å². The van der Waals surface area contributed by atoms with E-state index < -0.39 is 0 Å². The third-order valence-electron chi connectivity index (χ3n) is 4.74. The van der Waals surface area contributed by atoms with E-state index in [9.17, 15) is 0 Å². The van der Waals surface area contributed by atoms with Crippen LogP contribution >= 0.6 is 0 Å². The van der Waals surface area contributed by atoms with Crippen LogP contribution < -0.4 is 5.73 Å². The Kier molecular flexibility index (Phi) is 3.37. The summed E-state index contributed by atoms with van der Waals surface area (Å²) in [7, 11) is 0. The van der Waals surface area contributed by atoms with Gasteiger partial charge in [0.2, 0.25) is 5.89 Å². The molecular weight excluding hydrogens is 226 g/mol. The van der Waals surface area contributed by atoms with Crippen LogP contribution in [0.1, 0.15) is 63.2 Å². The van der Waals surface area contributed by atoms with Crippen LogP contribution in [-0.2, 0) is 6.42 Å². The van der Waals surface area contributed by atoms with Gasteiger partial charge in [-0.3, -0.25) is 0 Å². The average Bonchev–Trinajstić information content (AvgIpc) is 3.04. The van der Waals surface area contributed by atoms with E-state index in [-0.39, 0.29) is 6.04 Å². The molecule has 2 bridgehead atoms. The van der Waals surface area contributed by atoms with Crippen molar-refractivity contribution in [3.05, 3.63) is 11.7 Å². The quantitative estimate of drug-likeness (QED) is 0.871. The highest BCUT2D eigenvalue weighted by Crippen LogP contribution is 2.49. The molecule has 0 spiro atoms. The molecule has 4 unspecified atom stereocenters. The van der Waals surface area contributed by atoms with Gasteiger partial charge in [0.15, 0.2) is 5.82 Å². The van der Waals surface area contributed by atoms with Crippen LogP contribution in [0.3, 0.4) is 0 Å². The number of rotatable bonds is 5. The molecule has 2 N–H and O–H groups in total. The van der Waals surface area contributed by atoms with E-state index in [0.717, 1.165) is 42.9 Å². The molecule has 1 aromatic rings. The van der Waals surface area contributed by atoms with Gasteiger partial charge in [0.05, 0.1) is 6.04 Å². The van der Waals surface area contributed by atoms with Crippen LogP contribution in [0.25, 0.3) is 0 Å². The molecule has 3 rings (SSSR count). The molecule has 2 aliphatic rings. The van der Waals surface area contributed by atoms with Crippen molar-refractivity contribution in [2.75, 3.05) is 0 Å². The van der Waals surface area contributed by atoms with Gasteiger partial charge < -0.3 is 10.3 Å². The molecule has 4 atom stereocenters. The number of aromatic nitrogens is 2. The van der Waals surface area contributed by atoms with Crippen molar-refractivity contribution in [3.8, 4) is 0 Å². The molecule has 18 heavy (non-hydrogen) atoms. The van der Waals surface area contributed by atoms with E-state index in [0.29, 0.717) is 5.82 Å². The maximum absolute atomic E-state index is 6.00. The Bertz CT molecular complexity index is 403. The first kappa shape index (κ1) is 12.2. The van der Waals surface area contributed by atoms with Crippen molar-refractivity contribution in [3.63, 3.8) is 0 Å². The van der Waals surface area contributed by atoms with Crippen molar-refractivity contribution >= 4 is 0 Å². The SMILES string of the molecule is CCCC(N)c1noc(CC2CC3CCC2C3)n1. The number of hydrogen-bond acceptors (Lipinski definition) is 4. The molecule has 0 amide bonds. The Labute approximate surface area is 108 Å². The molecule has 2 fully saturated rings. The summed E-state index contributed by atoms with van der Waals surface area (Å²) >= 11 is 0. The lowest BCUT2D eigenvalue weighted by Crippen LogP contribution is -2.14. The highest BCUT2D eigenvalue weighted by Gasteiger charge is 2.40. The molecule has 0 aliphatic heterocycles. The monoisotopic (exact) mass is 249 g/mol. The van der Waals surface area contributed by atoms with Crippen LogP contribution in [0.4, 0.5) is 0 Å². The summed E-state index contributed by atoms with van der Waals surface area (Å²) < 4.78 is 5.36. The molecule has 0 saturated heterocycles. The molecule has 100 valence electrons. The third-order valence-corrected chi connectivity index (χ3v) is 4.74. The minimum absolute atomic E-state index is 0.0625. The van der Waals surface area contributed by atoms with Crippen molar-refractivity contribution in [1.29, 1.82) is 0 Å². The second-order valence-electron chi connectivity index (χ2n) is 6.08. The molecule has 0 aromatic carbocycles. The maximum Gasteiger partial charge on any atom is 0.226 e. The van der Waals surface area contributed by atoms with Gasteiger partial charge in [0, 0.05) is 6.42 Å². The summed E-state index contributed by atoms with van der Waals surface area (Å²) in [6, 6.07) is -0.0625. The minimum atomic E-state index is -0.0625. The van der Waals surface area contributed by atoms with E-state index in [1.54, 1.807) is 0 Å². The van der Waals surface area contributed by atoms with Gasteiger partial charge in [0.25, 0.3) is 0 Å². The van der Waals surface area contributed by atoms with Crippen LogP contribution in [0.15, 0.2) is 4.52 Å². The van der Waals surface area contributed by atoms with Gasteiger partial charge in [0.1, 0.15) is 0 Å². The Morgan fingerprint density at radius 3 is 2.94 bits per heavy atom. The van der Waals surface area contributed by atoms with Crippen LogP contribution in [-0.4, -0.2) is 10.1 Å². The second kappa shape index (κ2) is 5.00. The van der Waals surface area contributed by atoms with E-state index in [2.05, 4.69) is 17.1 Å². The summed E-state index contributed by atoms with van der Waals surface area (Å²) in [5.41, 5.74) is 6.00. The van der Waals surface area contributed by atoms with Gasteiger partial charge >= 0.3 is 0 Å². The number of nitrogens with two attached hydrogens (primary N) is 1. The fourth-order valence-corrected chi connectivity index (χ4v) is 3.79. The normalized spacial score (nSPS) is 32.0. The zero-order valence-electron chi connectivity index (χ0n) is 11.1. The van der Waals surface area contributed by atoms with Crippen LogP contribution in [0.5, 0.6) is 0 Å². The minimum Gasteiger partial charge on any atom is -0.339 e. The van der Waals surface area contributed by atoms with Gasteiger partial charge in [-0.25, -0.2) is 0 Å². The topological polar surface area (TPSA) is 64.9 Å². The fourth-order valence-electron chi connectivity index (χ4n) is 3.79. The van der Waals surface area contributed by atoms with Crippen molar-refractivity contribution < 1.29 is 4.52 Å². The second-order valence-corrected chi connectivity index (χ2v) is 6.08. The predicted octanol–water partition coefficient (Wildman–Crippen LogP) is 2.85. The first-order chi connectivity index (χ1) is 8.76. The van der Waals surface area contributed by atoms with Crippen LogP contribution in [0, 0.1) is 17.8 Å². The fraction of sp³-hybridized carbons (Fsp3) is 0.857. The number of hydrogen-bond donors (Lipinski definition) is 1. The number of fused-ring (bicyclic) bond motifs is 2. The lowest BCUT2D eigenvalue weighted by molar-refractivity contribution is 0.287. The lowest BCUT2D eigenvalue weighted by Gasteiger charge is -2.19. The Morgan fingerprint density at radius 2 is 2.28 bits per heavy atom. The van der Waals surface area contributed by atoms with Crippen LogP contribution in [0.2, 0.25) is 0 Å². The molecule has 1 heterocycles. The summed E-state index contributed by atoms with van der Waals surface area (Å²) in [4.78, 5) is 4.47. The zero-order valence-corrected chi connectivity index (χ0v) is 11.1. The van der Waals surface area contributed by atoms with Crippen molar-refractivity contribution in [2.45, 2.75) is 57.9 Å². The van der Waals surface area contributed by atoms with Gasteiger partial charge in [-0.2, -0.15) is 4.98 Å². The summed E-state index contributed by atoms with van der Waals surface area (Å²) in [5.74, 6) is 4.16. The molecule has 0 radical (unpaired) electrons. The molecule has 1 aromatic heterocycles. The molecule has 2 saturated carbocycles. The van der Waals surface area contributed by atoms with E-state index in [4.69, 9.17) is 10.3 Å². The number of nitrogens with zero attached hydrogens (tertiary/aromatic N) is 2. The predicted molar refractivity (Wildman–Crippen MR) is 68.8 cm³/mol. The van der Waals surface area contributed by atoms with E-state index in [1.807, 2.05) is 0 Å². The maximum atomic E-state index is 6.00.